The zero-order valence-corrected chi connectivity index (χ0v) is 16.3. The number of fused-ring (bicyclic) bond motifs is 1. The topological polar surface area (TPSA) is 37.4 Å². The maximum absolute atomic E-state index is 12.1. The van der Waals surface area contributed by atoms with Crippen molar-refractivity contribution in [2.75, 3.05) is 13.6 Å². The lowest BCUT2D eigenvalue weighted by atomic mass is 9.72. The van der Waals surface area contributed by atoms with E-state index in [1.54, 1.807) is 18.2 Å². The van der Waals surface area contributed by atoms with Gasteiger partial charge in [-0.1, -0.05) is 48.3 Å². The van der Waals surface area contributed by atoms with Crippen molar-refractivity contribution in [1.29, 1.82) is 0 Å². The first-order chi connectivity index (χ1) is 11.1. The molecule has 2 aromatic carbocycles. The summed E-state index contributed by atoms with van der Waals surface area (Å²) in [6, 6.07) is 10.4. The average molecular weight is 405 g/mol. The third-order valence-electron chi connectivity index (χ3n) is 4.51. The van der Waals surface area contributed by atoms with Crippen molar-refractivity contribution in [2.24, 2.45) is 0 Å². The molecule has 0 radical (unpaired) electrons. The summed E-state index contributed by atoms with van der Waals surface area (Å²) in [6.07, 6.45) is 0. The molecule has 3 nitrogen and oxygen atoms in total. The molecule has 2 aromatic rings. The number of hydrogen-bond acceptors (Lipinski definition) is 3. The van der Waals surface area contributed by atoms with E-state index in [-0.39, 0.29) is 4.90 Å². The lowest BCUT2D eigenvalue weighted by Crippen LogP contribution is -2.43. The van der Waals surface area contributed by atoms with E-state index in [4.69, 9.17) is 33.9 Å². The maximum atomic E-state index is 12.1. The van der Waals surface area contributed by atoms with E-state index in [1.165, 1.54) is 6.07 Å². The third-order valence-corrected chi connectivity index (χ3v) is 6.45. The molecule has 0 bridgehead atoms. The summed E-state index contributed by atoms with van der Waals surface area (Å²) in [5.74, 6) is 0. The monoisotopic (exact) mass is 403 g/mol. The number of nitrogens with zero attached hydrogens (tertiary/aromatic N) is 1. The fraction of sp³-hybridized carbons (Fsp3) is 0.294. The number of hydrogen-bond donors (Lipinski definition) is 0. The van der Waals surface area contributed by atoms with Crippen molar-refractivity contribution < 1.29 is 8.42 Å². The van der Waals surface area contributed by atoms with Crippen LogP contribution >= 0.6 is 33.9 Å². The van der Waals surface area contributed by atoms with E-state index in [0.29, 0.717) is 28.7 Å². The van der Waals surface area contributed by atoms with Crippen LogP contribution in [0.15, 0.2) is 41.3 Å². The normalized spacial score (nSPS) is 21.5. The molecule has 1 heterocycles. The minimum Gasteiger partial charge on any atom is -0.301 e. The maximum Gasteiger partial charge on any atom is 0.261 e. The van der Waals surface area contributed by atoms with Crippen molar-refractivity contribution in [3.63, 3.8) is 0 Å². The van der Waals surface area contributed by atoms with Gasteiger partial charge in [-0.05, 0) is 41.9 Å². The molecule has 1 aliphatic heterocycles. The van der Waals surface area contributed by atoms with Crippen LogP contribution in [-0.2, 0) is 21.0 Å². The molecule has 0 saturated carbocycles. The highest BCUT2D eigenvalue weighted by Crippen LogP contribution is 2.44. The van der Waals surface area contributed by atoms with E-state index in [0.717, 1.165) is 11.1 Å². The number of benzene rings is 2. The molecule has 1 unspecified atom stereocenters. The third kappa shape index (κ3) is 3.06. The molecule has 0 aliphatic carbocycles. The largest absolute Gasteiger partial charge is 0.301 e. The molecule has 3 rings (SSSR count). The second-order valence-corrected chi connectivity index (χ2v) is 9.73. The summed E-state index contributed by atoms with van der Waals surface area (Å²) in [5, 5.41) is 1.11. The Balaban J connectivity index is 2.34. The van der Waals surface area contributed by atoms with E-state index >= 15 is 0 Å². The van der Waals surface area contributed by atoms with Crippen LogP contribution in [0.3, 0.4) is 0 Å². The minimum atomic E-state index is -3.87. The van der Waals surface area contributed by atoms with Gasteiger partial charge in [0.05, 0.1) is 4.90 Å². The predicted octanol–water partition coefficient (Wildman–Crippen LogP) is 4.67. The molecule has 0 aromatic heterocycles. The first-order valence-electron chi connectivity index (χ1n) is 7.34. The standard InChI is InChI=1S/C17H16Cl3NO2S/c1-17(13-5-3-4-6-16(13)24(20,22)23)10-21(2)9-12-14(17)7-11(18)8-15(12)19/h3-8H,9-10H2,1-2H3. The zero-order chi connectivity index (χ0) is 17.7. The molecule has 7 heteroatoms. The fourth-order valence-corrected chi connectivity index (χ4v) is 5.33. The quantitative estimate of drug-likeness (QED) is 0.682. The van der Waals surface area contributed by atoms with Crippen molar-refractivity contribution in [1.82, 2.24) is 4.90 Å². The van der Waals surface area contributed by atoms with Crippen molar-refractivity contribution in [2.45, 2.75) is 23.8 Å². The van der Waals surface area contributed by atoms with Crippen LogP contribution in [-0.4, -0.2) is 26.9 Å². The summed E-state index contributed by atoms with van der Waals surface area (Å²) < 4.78 is 24.1. The molecule has 0 saturated heterocycles. The Bertz CT molecular complexity index is 914. The fourth-order valence-electron chi connectivity index (χ4n) is 3.57. The summed E-state index contributed by atoms with van der Waals surface area (Å²) in [7, 11) is 3.78. The van der Waals surface area contributed by atoms with E-state index < -0.39 is 14.5 Å². The van der Waals surface area contributed by atoms with Gasteiger partial charge in [-0.25, -0.2) is 8.42 Å². The van der Waals surface area contributed by atoms with Gasteiger partial charge in [-0.3, -0.25) is 0 Å². The minimum absolute atomic E-state index is 0.117. The predicted molar refractivity (Wildman–Crippen MR) is 98.7 cm³/mol. The first kappa shape index (κ1) is 18.0. The Labute approximate surface area is 156 Å². The van der Waals surface area contributed by atoms with Crippen LogP contribution in [0.25, 0.3) is 0 Å². The van der Waals surface area contributed by atoms with Crippen LogP contribution in [0.1, 0.15) is 23.6 Å². The lowest BCUT2D eigenvalue weighted by molar-refractivity contribution is 0.246. The smallest absolute Gasteiger partial charge is 0.261 e. The van der Waals surface area contributed by atoms with Crippen LogP contribution < -0.4 is 0 Å². The van der Waals surface area contributed by atoms with Crippen LogP contribution in [0, 0.1) is 0 Å². The summed E-state index contributed by atoms with van der Waals surface area (Å²) in [6.45, 7) is 3.30. The number of halogens is 3. The molecule has 0 N–H and O–H groups in total. The first-order valence-corrected chi connectivity index (χ1v) is 10.4. The number of likely N-dealkylation sites (N-methyl/N-ethyl adjacent to an activating group) is 1. The van der Waals surface area contributed by atoms with E-state index in [2.05, 4.69) is 4.90 Å². The summed E-state index contributed by atoms with van der Waals surface area (Å²) >= 11 is 12.6. The summed E-state index contributed by atoms with van der Waals surface area (Å²) in [4.78, 5) is 2.23. The van der Waals surface area contributed by atoms with Gasteiger partial charge in [0.25, 0.3) is 9.05 Å². The van der Waals surface area contributed by atoms with Crippen molar-refractivity contribution >= 4 is 42.9 Å². The molecule has 0 amide bonds. The zero-order valence-electron chi connectivity index (χ0n) is 13.2. The molecule has 0 fully saturated rings. The Morgan fingerprint density at radius 1 is 1.12 bits per heavy atom. The number of rotatable bonds is 2. The van der Waals surface area contributed by atoms with Gasteiger partial charge in [-0.15, -0.1) is 0 Å². The van der Waals surface area contributed by atoms with Gasteiger partial charge in [-0.2, -0.15) is 0 Å². The van der Waals surface area contributed by atoms with Crippen molar-refractivity contribution in [3.8, 4) is 0 Å². The molecule has 0 spiro atoms. The SMILES string of the molecule is CN1Cc2c(Cl)cc(Cl)cc2C(C)(c2ccccc2S(=O)(=O)Cl)C1. The Hall–Kier alpha value is -0.780. The van der Waals surface area contributed by atoms with E-state index in [1.807, 2.05) is 26.1 Å². The molecule has 1 atom stereocenters. The Morgan fingerprint density at radius 3 is 2.46 bits per heavy atom. The molecular formula is C17H16Cl3NO2S. The lowest BCUT2D eigenvalue weighted by Gasteiger charge is -2.42. The van der Waals surface area contributed by atoms with Gasteiger partial charge in [0.15, 0.2) is 0 Å². The van der Waals surface area contributed by atoms with E-state index in [9.17, 15) is 8.42 Å². The average Bonchev–Trinajstić information content (AvgIpc) is 2.48. The second-order valence-electron chi connectivity index (χ2n) is 6.35. The Morgan fingerprint density at radius 2 is 1.79 bits per heavy atom. The van der Waals surface area contributed by atoms with Crippen LogP contribution in [0.5, 0.6) is 0 Å². The Kier molecular flexibility index (Phi) is 4.65. The van der Waals surface area contributed by atoms with Gasteiger partial charge in [0, 0.05) is 39.2 Å². The van der Waals surface area contributed by atoms with Gasteiger partial charge < -0.3 is 4.90 Å². The highest BCUT2D eigenvalue weighted by Gasteiger charge is 2.40. The van der Waals surface area contributed by atoms with Gasteiger partial charge in [0.2, 0.25) is 0 Å². The molecular weight excluding hydrogens is 389 g/mol. The van der Waals surface area contributed by atoms with Crippen LogP contribution in [0.4, 0.5) is 0 Å². The van der Waals surface area contributed by atoms with Crippen molar-refractivity contribution in [3.05, 3.63) is 63.1 Å². The molecule has 1 aliphatic rings. The van der Waals surface area contributed by atoms with Gasteiger partial charge >= 0.3 is 0 Å². The highest BCUT2D eigenvalue weighted by atomic mass is 35.7. The second kappa shape index (κ2) is 6.19. The summed E-state index contributed by atoms with van der Waals surface area (Å²) in [5.41, 5.74) is 1.94. The molecule has 128 valence electrons. The van der Waals surface area contributed by atoms with Gasteiger partial charge in [0.1, 0.15) is 0 Å². The van der Waals surface area contributed by atoms with Crippen LogP contribution in [0.2, 0.25) is 10.0 Å². The highest BCUT2D eigenvalue weighted by molar-refractivity contribution is 8.13. The molecule has 24 heavy (non-hydrogen) atoms.